The molecule has 23 heavy (non-hydrogen) atoms. The van der Waals surface area contributed by atoms with Crippen LogP contribution >= 0.6 is 0 Å². The maximum absolute atomic E-state index is 12.0. The molecule has 3 N–H and O–H groups in total. The van der Waals surface area contributed by atoms with Gasteiger partial charge in [-0.15, -0.1) is 0 Å². The maximum Gasteiger partial charge on any atom is 0.410 e. The van der Waals surface area contributed by atoms with Crippen molar-refractivity contribution in [3.8, 4) is 0 Å². The quantitative estimate of drug-likeness (QED) is 0.645. The fourth-order valence-corrected chi connectivity index (χ4v) is 2.49. The fourth-order valence-electron chi connectivity index (χ4n) is 2.49. The standard InChI is InChI=1S/C17H24N4O2/c1-17(2,3)23-16(22)21-9-7-12(8-10-21)20-15-11-13(19-4)5-6-14(15)18/h5-6,11-12,20H,7-10,18H2,1-3H3. The van der Waals surface area contributed by atoms with Gasteiger partial charge >= 0.3 is 6.09 Å². The first kappa shape index (κ1) is 16.9. The van der Waals surface area contributed by atoms with Gasteiger partial charge in [-0.3, -0.25) is 0 Å². The molecule has 1 aromatic rings. The smallest absolute Gasteiger partial charge is 0.410 e. The number of ether oxygens (including phenoxy) is 1. The van der Waals surface area contributed by atoms with E-state index >= 15 is 0 Å². The van der Waals surface area contributed by atoms with Gasteiger partial charge in [0.25, 0.3) is 0 Å². The van der Waals surface area contributed by atoms with E-state index in [1.54, 1.807) is 23.1 Å². The molecule has 0 radical (unpaired) electrons. The Labute approximate surface area is 137 Å². The Morgan fingerprint density at radius 2 is 2.04 bits per heavy atom. The number of nitrogens with zero attached hydrogens (tertiary/aromatic N) is 2. The summed E-state index contributed by atoms with van der Waals surface area (Å²) in [6.07, 6.45) is 1.38. The number of nitrogens with two attached hydrogens (primary N) is 1. The van der Waals surface area contributed by atoms with Gasteiger partial charge in [-0.25, -0.2) is 9.64 Å². The Hall–Kier alpha value is -2.42. The van der Waals surface area contributed by atoms with Crippen LogP contribution in [0.25, 0.3) is 4.85 Å². The third kappa shape index (κ3) is 4.78. The summed E-state index contributed by atoms with van der Waals surface area (Å²) in [5.41, 5.74) is 7.47. The van der Waals surface area contributed by atoms with Crippen LogP contribution < -0.4 is 11.1 Å². The van der Waals surface area contributed by atoms with Gasteiger partial charge in [0.05, 0.1) is 12.3 Å². The molecule has 2 rings (SSSR count). The lowest BCUT2D eigenvalue weighted by Gasteiger charge is -2.34. The molecular weight excluding hydrogens is 292 g/mol. The van der Waals surface area contributed by atoms with Crippen molar-refractivity contribution in [2.45, 2.75) is 45.3 Å². The van der Waals surface area contributed by atoms with Gasteiger partial charge in [0.15, 0.2) is 5.69 Å². The largest absolute Gasteiger partial charge is 0.444 e. The number of carbonyl (C=O) groups is 1. The first-order chi connectivity index (χ1) is 10.8. The summed E-state index contributed by atoms with van der Waals surface area (Å²) in [4.78, 5) is 17.2. The molecule has 1 aliphatic rings. The van der Waals surface area contributed by atoms with Crippen molar-refractivity contribution < 1.29 is 9.53 Å². The fraction of sp³-hybridized carbons (Fsp3) is 0.529. The van der Waals surface area contributed by atoms with Crippen molar-refractivity contribution in [1.29, 1.82) is 0 Å². The SMILES string of the molecule is [C-]#[N+]c1ccc(N)c(NC2CCN(C(=O)OC(C)(C)C)CC2)c1. The number of likely N-dealkylation sites (tertiary alicyclic amines) is 1. The average molecular weight is 316 g/mol. The molecule has 0 saturated carbocycles. The van der Waals surface area contributed by atoms with Crippen LogP contribution in [-0.4, -0.2) is 35.7 Å². The number of hydrogen-bond acceptors (Lipinski definition) is 4. The minimum Gasteiger partial charge on any atom is -0.444 e. The molecule has 0 aliphatic carbocycles. The van der Waals surface area contributed by atoms with Crippen LogP contribution in [0, 0.1) is 6.57 Å². The van der Waals surface area contributed by atoms with Crippen LogP contribution in [0.2, 0.25) is 0 Å². The lowest BCUT2D eigenvalue weighted by Crippen LogP contribution is -2.44. The summed E-state index contributed by atoms with van der Waals surface area (Å²) >= 11 is 0. The summed E-state index contributed by atoms with van der Waals surface area (Å²) in [5, 5.41) is 3.38. The summed E-state index contributed by atoms with van der Waals surface area (Å²) in [6.45, 7) is 14.0. The zero-order valence-corrected chi connectivity index (χ0v) is 13.9. The minimum absolute atomic E-state index is 0.233. The van der Waals surface area contributed by atoms with Crippen molar-refractivity contribution >= 4 is 23.2 Å². The number of piperidine rings is 1. The first-order valence-corrected chi connectivity index (χ1v) is 7.80. The van der Waals surface area contributed by atoms with E-state index in [0.717, 1.165) is 18.5 Å². The van der Waals surface area contributed by atoms with Gasteiger partial charge in [-0.05, 0) is 45.7 Å². The van der Waals surface area contributed by atoms with Crippen molar-refractivity contribution in [3.63, 3.8) is 0 Å². The maximum atomic E-state index is 12.0. The van der Waals surface area contributed by atoms with Gasteiger partial charge in [-0.2, -0.15) is 0 Å². The second kappa shape index (κ2) is 6.78. The van der Waals surface area contributed by atoms with Crippen molar-refractivity contribution in [2.75, 3.05) is 24.1 Å². The van der Waals surface area contributed by atoms with E-state index in [2.05, 4.69) is 10.2 Å². The molecule has 1 aromatic carbocycles. The Morgan fingerprint density at radius 1 is 1.39 bits per heavy atom. The monoisotopic (exact) mass is 316 g/mol. The molecule has 124 valence electrons. The van der Waals surface area contributed by atoms with Crippen molar-refractivity contribution in [3.05, 3.63) is 29.6 Å². The van der Waals surface area contributed by atoms with E-state index in [1.807, 2.05) is 20.8 Å². The van der Waals surface area contributed by atoms with Gasteiger partial charge in [-0.1, -0.05) is 6.07 Å². The zero-order chi connectivity index (χ0) is 17.0. The average Bonchev–Trinajstić information content (AvgIpc) is 2.48. The molecule has 0 unspecified atom stereocenters. The summed E-state index contributed by atoms with van der Waals surface area (Å²) in [5.74, 6) is 0. The third-order valence-corrected chi connectivity index (χ3v) is 3.67. The highest BCUT2D eigenvalue weighted by atomic mass is 16.6. The molecule has 0 aromatic heterocycles. The molecular formula is C17H24N4O2. The Balaban J connectivity index is 1.90. The van der Waals surface area contributed by atoms with Crippen LogP contribution in [0.15, 0.2) is 18.2 Å². The van der Waals surface area contributed by atoms with E-state index in [4.69, 9.17) is 17.0 Å². The van der Waals surface area contributed by atoms with Gasteiger partial charge in [0.2, 0.25) is 0 Å². The number of hydrogen-bond donors (Lipinski definition) is 2. The lowest BCUT2D eigenvalue weighted by molar-refractivity contribution is 0.0210. The first-order valence-electron chi connectivity index (χ1n) is 7.80. The third-order valence-electron chi connectivity index (χ3n) is 3.67. The topological polar surface area (TPSA) is 72.0 Å². The molecule has 6 heteroatoms. The number of nitrogens with one attached hydrogen (secondary N) is 1. The van der Waals surface area contributed by atoms with Crippen molar-refractivity contribution in [2.24, 2.45) is 0 Å². The zero-order valence-electron chi connectivity index (χ0n) is 13.9. The molecule has 6 nitrogen and oxygen atoms in total. The van der Waals surface area contributed by atoms with E-state index in [9.17, 15) is 4.79 Å². The second-order valence-electron chi connectivity index (χ2n) is 6.77. The highest BCUT2D eigenvalue weighted by Crippen LogP contribution is 2.27. The Morgan fingerprint density at radius 3 is 2.61 bits per heavy atom. The molecule has 1 fully saturated rings. The van der Waals surface area contributed by atoms with Crippen LogP contribution in [-0.2, 0) is 4.74 Å². The normalized spacial score (nSPS) is 15.8. The summed E-state index contributed by atoms with van der Waals surface area (Å²) in [6, 6.07) is 5.45. The molecule has 1 heterocycles. The van der Waals surface area contributed by atoms with E-state index in [-0.39, 0.29) is 12.1 Å². The summed E-state index contributed by atoms with van der Waals surface area (Å²) < 4.78 is 5.39. The van der Waals surface area contributed by atoms with Crippen LogP contribution in [0.3, 0.4) is 0 Å². The van der Waals surface area contributed by atoms with E-state index < -0.39 is 5.60 Å². The van der Waals surface area contributed by atoms with Crippen LogP contribution in [0.5, 0.6) is 0 Å². The number of anilines is 2. The Kier molecular flexibility index (Phi) is 4.99. The lowest BCUT2D eigenvalue weighted by atomic mass is 10.0. The predicted octanol–water partition coefficient (Wildman–Crippen LogP) is 3.63. The molecule has 1 saturated heterocycles. The van der Waals surface area contributed by atoms with Gasteiger partial charge < -0.3 is 20.7 Å². The highest BCUT2D eigenvalue weighted by molar-refractivity contribution is 5.72. The van der Waals surface area contributed by atoms with Gasteiger partial charge in [0, 0.05) is 24.8 Å². The number of nitrogen functional groups attached to an aromatic ring is 1. The second-order valence-corrected chi connectivity index (χ2v) is 6.77. The van der Waals surface area contributed by atoms with E-state index in [0.29, 0.717) is 24.5 Å². The van der Waals surface area contributed by atoms with E-state index in [1.165, 1.54) is 0 Å². The van der Waals surface area contributed by atoms with Crippen molar-refractivity contribution in [1.82, 2.24) is 4.90 Å². The molecule has 1 amide bonds. The number of benzene rings is 1. The predicted molar refractivity (Wildman–Crippen MR) is 91.6 cm³/mol. The number of carbonyl (C=O) groups excluding carboxylic acids is 1. The van der Waals surface area contributed by atoms with Crippen LogP contribution in [0.1, 0.15) is 33.6 Å². The number of rotatable bonds is 2. The minimum atomic E-state index is -0.471. The van der Waals surface area contributed by atoms with Gasteiger partial charge in [0.1, 0.15) is 5.60 Å². The molecule has 0 bridgehead atoms. The van der Waals surface area contributed by atoms with Crippen LogP contribution in [0.4, 0.5) is 21.9 Å². The molecule has 0 atom stereocenters. The molecule has 1 aliphatic heterocycles. The Bertz CT molecular complexity index is 608. The highest BCUT2D eigenvalue weighted by Gasteiger charge is 2.26. The molecule has 0 spiro atoms. The summed E-state index contributed by atoms with van der Waals surface area (Å²) in [7, 11) is 0. The number of amides is 1.